The topological polar surface area (TPSA) is 104 Å². The lowest BCUT2D eigenvalue weighted by Gasteiger charge is -2.05. The van der Waals surface area contributed by atoms with Gasteiger partial charge >= 0.3 is 0 Å². The number of benzene rings is 1. The molecular weight excluding hydrogens is 198 g/mol. The van der Waals surface area contributed by atoms with Crippen molar-refractivity contribution in [2.75, 3.05) is 0 Å². The first kappa shape index (κ1) is 9.62. The van der Waals surface area contributed by atoms with Crippen LogP contribution in [0.25, 0.3) is 0 Å². The predicted octanol–water partition coefficient (Wildman–Crippen LogP) is 0.538. The number of nitrogens with zero attached hydrogens (tertiary/aromatic N) is 1. The highest BCUT2D eigenvalue weighted by molar-refractivity contribution is 7.79. The summed E-state index contributed by atoms with van der Waals surface area (Å²) in [7, 11) is 0. The molecular formula is C6H4NO5S-. The summed E-state index contributed by atoms with van der Waals surface area (Å²) in [5.74, 6) is -0.329. The van der Waals surface area contributed by atoms with Gasteiger partial charge in [-0.15, -0.1) is 0 Å². The molecule has 1 N–H and O–H groups in total. The van der Waals surface area contributed by atoms with E-state index in [9.17, 15) is 18.9 Å². The number of phenols is 1. The molecule has 0 aliphatic rings. The molecule has 1 rings (SSSR count). The average Bonchev–Trinajstić information content (AvgIpc) is 2.03. The van der Waals surface area contributed by atoms with E-state index < -0.39 is 26.6 Å². The number of hydrogen-bond donors (Lipinski definition) is 1. The number of aromatic hydroxyl groups is 1. The highest BCUT2D eigenvalue weighted by atomic mass is 32.2. The molecule has 1 aromatic carbocycles. The van der Waals surface area contributed by atoms with Crippen molar-refractivity contribution >= 4 is 16.8 Å². The molecule has 0 radical (unpaired) electrons. The fraction of sp³-hybridized carbons (Fsp3) is 0. The summed E-state index contributed by atoms with van der Waals surface area (Å²) in [6.07, 6.45) is 0. The van der Waals surface area contributed by atoms with Crippen LogP contribution in [-0.2, 0) is 11.1 Å². The summed E-state index contributed by atoms with van der Waals surface area (Å²) >= 11 is -2.72. The summed E-state index contributed by atoms with van der Waals surface area (Å²) in [6, 6.07) is 2.80. The van der Waals surface area contributed by atoms with Gasteiger partial charge in [-0.3, -0.25) is 14.3 Å². The standard InChI is InChI=1S/C6H5NO5S/c8-4-1-2-5(7(9)10)6(3-4)13(11)12/h1-3,8H,(H,11,12)/p-1. The van der Waals surface area contributed by atoms with Gasteiger partial charge < -0.3 is 9.66 Å². The van der Waals surface area contributed by atoms with E-state index >= 15 is 0 Å². The zero-order valence-electron chi connectivity index (χ0n) is 6.17. The van der Waals surface area contributed by atoms with Crippen LogP contribution >= 0.6 is 0 Å². The SMILES string of the molecule is O=[N+]([O-])c1ccc(O)cc1S(=O)[O-]. The Balaban J connectivity index is 3.35. The molecule has 0 amide bonds. The number of rotatable bonds is 2. The van der Waals surface area contributed by atoms with Crippen LogP contribution in [0, 0.1) is 10.1 Å². The highest BCUT2D eigenvalue weighted by Gasteiger charge is 2.14. The number of phenolic OH excluding ortho intramolecular Hbond substituents is 1. The first-order valence-electron chi connectivity index (χ1n) is 3.09. The van der Waals surface area contributed by atoms with Crippen LogP contribution < -0.4 is 0 Å². The molecule has 0 bridgehead atoms. The molecule has 1 unspecified atom stereocenters. The number of nitro benzene ring substituents is 1. The van der Waals surface area contributed by atoms with Gasteiger partial charge in [-0.05, 0) is 17.1 Å². The normalized spacial score (nSPS) is 12.4. The van der Waals surface area contributed by atoms with Gasteiger partial charge in [-0.25, -0.2) is 0 Å². The molecule has 0 saturated carbocycles. The van der Waals surface area contributed by atoms with E-state index in [1.807, 2.05) is 0 Å². The van der Waals surface area contributed by atoms with Crippen LogP contribution in [-0.4, -0.2) is 18.8 Å². The zero-order valence-corrected chi connectivity index (χ0v) is 6.98. The lowest BCUT2D eigenvalue weighted by atomic mass is 10.3. The van der Waals surface area contributed by atoms with E-state index in [0.29, 0.717) is 0 Å². The molecule has 6 nitrogen and oxygen atoms in total. The van der Waals surface area contributed by atoms with Crippen molar-refractivity contribution < 1.29 is 18.8 Å². The predicted molar refractivity (Wildman–Crippen MR) is 41.9 cm³/mol. The molecule has 0 heterocycles. The Bertz CT molecular complexity index is 377. The third-order valence-corrected chi connectivity index (χ3v) is 2.01. The Labute approximate surface area is 75.3 Å². The summed E-state index contributed by atoms with van der Waals surface area (Å²) in [4.78, 5) is 8.94. The van der Waals surface area contributed by atoms with E-state index in [2.05, 4.69) is 0 Å². The first-order valence-corrected chi connectivity index (χ1v) is 4.16. The number of nitro groups is 1. The second-order valence-corrected chi connectivity index (χ2v) is 3.05. The Hall–Kier alpha value is -1.47. The van der Waals surface area contributed by atoms with Crippen molar-refractivity contribution in [1.29, 1.82) is 0 Å². The van der Waals surface area contributed by atoms with Gasteiger partial charge in [0.2, 0.25) is 0 Å². The third-order valence-electron chi connectivity index (χ3n) is 1.32. The van der Waals surface area contributed by atoms with Crippen LogP contribution in [0.3, 0.4) is 0 Å². The van der Waals surface area contributed by atoms with Crippen molar-refractivity contribution in [2.45, 2.75) is 4.90 Å². The fourth-order valence-electron chi connectivity index (χ4n) is 0.787. The average molecular weight is 202 g/mol. The molecule has 7 heteroatoms. The van der Waals surface area contributed by atoms with E-state index in [1.54, 1.807) is 0 Å². The van der Waals surface area contributed by atoms with Crippen LogP contribution in [0.1, 0.15) is 0 Å². The molecule has 1 aromatic rings. The van der Waals surface area contributed by atoms with Gasteiger partial charge in [0.05, 0.1) is 4.92 Å². The summed E-state index contributed by atoms with van der Waals surface area (Å²) in [5, 5.41) is 19.2. The summed E-state index contributed by atoms with van der Waals surface area (Å²) in [5.41, 5.74) is -0.550. The Morgan fingerprint density at radius 3 is 2.54 bits per heavy atom. The highest BCUT2D eigenvalue weighted by Crippen LogP contribution is 2.25. The van der Waals surface area contributed by atoms with Gasteiger partial charge in [-0.2, -0.15) is 0 Å². The first-order chi connectivity index (χ1) is 6.02. The molecule has 1 atom stereocenters. The van der Waals surface area contributed by atoms with Gasteiger partial charge in [0, 0.05) is 12.1 Å². The van der Waals surface area contributed by atoms with Gasteiger partial charge in [0.25, 0.3) is 5.69 Å². The van der Waals surface area contributed by atoms with Crippen LogP contribution in [0.2, 0.25) is 0 Å². The smallest absolute Gasteiger partial charge is 0.284 e. The third kappa shape index (κ3) is 2.01. The molecule has 0 saturated heterocycles. The van der Waals surface area contributed by atoms with Gasteiger partial charge in [0.1, 0.15) is 10.6 Å². The molecule has 13 heavy (non-hydrogen) atoms. The zero-order chi connectivity index (χ0) is 10.0. The Morgan fingerprint density at radius 2 is 2.08 bits per heavy atom. The van der Waals surface area contributed by atoms with Crippen LogP contribution in [0.4, 0.5) is 5.69 Å². The largest absolute Gasteiger partial charge is 0.768 e. The van der Waals surface area contributed by atoms with E-state index in [-0.39, 0.29) is 5.75 Å². The maximum Gasteiger partial charge on any atom is 0.284 e. The quantitative estimate of drug-likeness (QED) is 0.428. The Morgan fingerprint density at radius 1 is 1.46 bits per heavy atom. The van der Waals surface area contributed by atoms with Gasteiger partial charge in [-0.1, -0.05) is 0 Å². The lowest BCUT2D eigenvalue weighted by Crippen LogP contribution is -1.97. The Kier molecular flexibility index (Phi) is 2.59. The minimum Gasteiger partial charge on any atom is -0.768 e. The molecule has 0 aliphatic carbocycles. The molecule has 0 fully saturated rings. The van der Waals surface area contributed by atoms with Crippen molar-refractivity contribution in [3.63, 3.8) is 0 Å². The van der Waals surface area contributed by atoms with Crippen molar-refractivity contribution in [3.8, 4) is 5.75 Å². The number of hydrogen-bond acceptors (Lipinski definition) is 5. The molecule has 0 aliphatic heterocycles. The van der Waals surface area contributed by atoms with Crippen molar-refractivity contribution in [2.24, 2.45) is 0 Å². The molecule has 0 aromatic heterocycles. The molecule has 70 valence electrons. The van der Waals surface area contributed by atoms with Crippen molar-refractivity contribution in [1.82, 2.24) is 0 Å². The van der Waals surface area contributed by atoms with E-state index in [1.165, 1.54) is 0 Å². The minimum atomic E-state index is -2.72. The summed E-state index contributed by atoms with van der Waals surface area (Å²) in [6.45, 7) is 0. The second-order valence-electron chi connectivity index (χ2n) is 2.14. The fourth-order valence-corrected chi connectivity index (χ4v) is 1.32. The summed E-state index contributed by atoms with van der Waals surface area (Å²) < 4.78 is 20.9. The van der Waals surface area contributed by atoms with E-state index in [4.69, 9.17) is 5.11 Å². The van der Waals surface area contributed by atoms with E-state index in [0.717, 1.165) is 18.2 Å². The molecule has 0 spiro atoms. The minimum absolute atomic E-state index is 0.329. The maximum absolute atomic E-state index is 10.5. The van der Waals surface area contributed by atoms with Gasteiger partial charge in [0.15, 0.2) is 0 Å². The lowest BCUT2D eigenvalue weighted by molar-refractivity contribution is -0.387. The van der Waals surface area contributed by atoms with Crippen LogP contribution in [0.5, 0.6) is 5.75 Å². The van der Waals surface area contributed by atoms with Crippen molar-refractivity contribution in [3.05, 3.63) is 28.3 Å². The monoisotopic (exact) mass is 202 g/mol. The van der Waals surface area contributed by atoms with Crippen LogP contribution in [0.15, 0.2) is 23.1 Å². The maximum atomic E-state index is 10.5. The second kappa shape index (κ2) is 3.50.